The Bertz CT molecular complexity index is 3100. The van der Waals surface area contributed by atoms with Crippen molar-refractivity contribution in [2.75, 3.05) is 11.9 Å². The van der Waals surface area contributed by atoms with Crippen LogP contribution in [0.25, 0.3) is 38.2 Å². The summed E-state index contributed by atoms with van der Waals surface area (Å²) in [5.41, 5.74) is 22.9. The van der Waals surface area contributed by atoms with Gasteiger partial charge in [0, 0.05) is 18.4 Å². The average Bonchev–Trinajstić information content (AvgIpc) is 3.67. The zero-order valence-electron chi connectivity index (χ0n) is 36.5. The molecule has 64 heavy (non-hydrogen) atoms. The number of anilines is 2. The van der Waals surface area contributed by atoms with Crippen molar-refractivity contribution in [3.63, 3.8) is 0 Å². The molecule has 0 radical (unpaired) electrons. The number of nitrogens with two attached hydrogens (primary N) is 3. The fraction of sp³-hybridized carbons (Fsp3) is 0.100. The van der Waals surface area contributed by atoms with E-state index in [1.165, 1.54) is 77.3 Å². The van der Waals surface area contributed by atoms with Crippen molar-refractivity contribution in [3.8, 4) is 11.1 Å². The van der Waals surface area contributed by atoms with Gasteiger partial charge in [-0.1, -0.05) is 194 Å². The van der Waals surface area contributed by atoms with E-state index in [1.54, 1.807) is 0 Å². The highest BCUT2D eigenvalue weighted by Gasteiger charge is 2.49. The monoisotopic (exact) mass is 830 g/mol. The van der Waals surface area contributed by atoms with Gasteiger partial charge < -0.3 is 10.6 Å². The van der Waals surface area contributed by atoms with Crippen LogP contribution in [0.3, 0.4) is 0 Å². The van der Waals surface area contributed by atoms with E-state index in [4.69, 9.17) is 5.73 Å². The molecule has 314 valence electrons. The largest absolute Gasteiger partial charge is 0.344 e. The summed E-state index contributed by atoms with van der Waals surface area (Å²) in [6.45, 7) is 2.08. The molecular formula is C60H54N4. The summed E-state index contributed by atoms with van der Waals surface area (Å²) in [4.78, 5) is 2.38. The lowest BCUT2D eigenvalue weighted by atomic mass is 9.64. The summed E-state index contributed by atoms with van der Waals surface area (Å²) in [5.74, 6) is 8.00. The fourth-order valence-corrected chi connectivity index (χ4v) is 9.83. The second-order valence-electron chi connectivity index (χ2n) is 16.7. The highest BCUT2D eigenvalue weighted by molar-refractivity contribution is 5.97. The molecular weight excluding hydrogens is 777 g/mol. The van der Waals surface area contributed by atoms with Crippen molar-refractivity contribution in [1.29, 1.82) is 0 Å². The van der Waals surface area contributed by atoms with E-state index in [0.717, 1.165) is 29.7 Å². The summed E-state index contributed by atoms with van der Waals surface area (Å²) in [6, 6.07) is 76.7. The maximum Gasteiger partial charge on any atom is 0.0697 e. The Labute approximate surface area is 377 Å². The van der Waals surface area contributed by atoms with E-state index in [-0.39, 0.29) is 6.04 Å². The first-order chi connectivity index (χ1) is 31.5. The molecule has 0 saturated heterocycles. The topological polar surface area (TPSA) is 81.3 Å². The van der Waals surface area contributed by atoms with Crippen LogP contribution in [0.1, 0.15) is 57.8 Å². The van der Waals surface area contributed by atoms with Gasteiger partial charge in [0.15, 0.2) is 0 Å². The van der Waals surface area contributed by atoms with Gasteiger partial charge in [-0.05, 0) is 133 Å². The standard InChI is InChI=1S/C53H42N2.C7H8.H4N2/c1-55(45-20-6-3-7-21-45)51-35-42-19-11-10-18-41(42)34-50(51)53(44-30-28-37-16-8-9-17-40(37)32-44)48-23-13-12-22-46(48)47-33-43(29-31-49(47)53)52(54)39-26-24-38(25-27-39)36-14-4-2-5-15-36;1-7-5-3-2-4-6-7;1-2/h2-12,14-22,24-35,52H,13,23,54H2,1H3;2-6H,1H3;1-2H2. The first-order valence-electron chi connectivity index (χ1n) is 22.1. The third-order valence-corrected chi connectivity index (χ3v) is 13.0. The van der Waals surface area contributed by atoms with Crippen LogP contribution in [0.5, 0.6) is 0 Å². The SMILES string of the molecule is CN(c1ccccc1)c1cc2ccccc2cc1C1(c2ccc3ccccc3c2)C2=C(C=CCC2)c2cc(C(N)c3ccc(-c4ccccc4)cc3)ccc21.Cc1ccccc1.NN. The maximum absolute atomic E-state index is 7.17. The lowest BCUT2D eigenvalue weighted by molar-refractivity contribution is 0.697. The van der Waals surface area contributed by atoms with Gasteiger partial charge in [-0.2, -0.15) is 0 Å². The molecule has 4 heteroatoms. The number of rotatable bonds is 7. The minimum absolute atomic E-state index is 0.261. The molecule has 6 N–H and O–H groups in total. The maximum atomic E-state index is 7.17. The van der Waals surface area contributed by atoms with Crippen molar-refractivity contribution in [3.05, 3.63) is 269 Å². The third kappa shape index (κ3) is 7.84. The van der Waals surface area contributed by atoms with Crippen LogP contribution >= 0.6 is 0 Å². The number of benzene rings is 9. The summed E-state index contributed by atoms with van der Waals surface area (Å²) in [7, 11) is 2.22. The van der Waals surface area contributed by atoms with Crippen molar-refractivity contribution in [2.45, 2.75) is 31.2 Å². The zero-order valence-corrected chi connectivity index (χ0v) is 36.5. The molecule has 0 amide bonds. The second kappa shape index (κ2) is 18.6. The zero-order chi connectivity index (χ0) is 44.0. The quantitative estimate of drug-likeness (QED) is 0.110. The number of aryl methyl sites for hydroxylation is 1. The van der Waals surface area contributed by atoms with Crippen LogP contribution in [0.4, 0.5) is 11.4 Å². The number of hydrogen-bond acceptors (Lipinski definition) is 4. The smallest absolute Gasteiger partial charge is 0.0697 e. The van der Waals surface area contributed by atoms with Gasteiger partial charge in [0.2, 0.25) is 0 Å². The minimum Gasteiger partial charge on any atom is -0.344 e. The molecule has 2 unspecified atom stereocenters. The summed E-state index contributed by atoms with van der Waals surface area (Å²) in [5, 5.41) is 4.96. The molecule has 11 rings (SSSR count). The number of hydrazine groups is 1. The molecule has 2 aliphatic carbocycles. The van der Waals surface area contributed by atoms with E-state index in [0.29, 0.717) is 0 Å². The molecule has 0 heterocycles. The Balaban J connectivity index is 0.000000522. The van der Waals surface area contributed by atoms with E-state index in [1.807, 2.05) is 18.2 Å². The lowest BCUT2D eigenvalue weighted by Crippen LogP contribution is -2.32. The van der Waals surface area contributed by atoms with Gasteiger partial charge in [0.05, 0.1) is 11.5 Å². The molecule has 0 saturated carbocycles. The Morgan fingerprint density at radius 2 is 1.08 bits per heavy atom. The van der Waals surface area contributed by atoms with Crippen molar-refractivity contribution >= 4 is 38.5 Å². The van der Waals surface area contributed by atoms with Crippen LogP contribution in [0.15, 0.2) is 230 Å². The van der Waals surface area contributed by atoms with Gasteiger partial charge in [0.25, 0.3) is 0 Å². The van der Waals surface area contributed by atoms with Crippen LogP contribution in [0.2, 0.25) is 0 Å². The van der Waals surface area contributed by atoms with Crippen molar-refractivity contribution < 1.29 is 0 Å². The molecule has 0 aromatic heterocycles. The number of hydrogen-bond donors (Lipinski definition) is 3. The summed E-state index contributed by atoms with van der Waals surface area (Å²) >= 11 is 0. The van der Waals surface area contributed by atoms with Gasteiger partial charge in [-0.25, -0.2) is 0 Å². The highest BCUT2D eigenvalue weighted by Crippen LogP contribution is 2.60. The molecule has 0 spiro atoms. The first kappa shape index (κ1) is 42.0. The van der Waals surface area contributed by atoms with Crippen molar-refractivity contribution in [1.82, 2.24) is 0 Å². The molecule has 2 atom stereocenters. The van der Waals surface area contributed by atoms with Gasteiger partial charge in [-0.15, -0.1) is 0 Å². The predicted octanol–water partition coefficient (Wildman–Crippen LogP) is 13.7. The number of allylic oxidation sites excluding steroid dienone is 4. The van der Waals surface area contributed by atoms with Crippen LogP contribution < -0.4 is 22.3 Å². The third-order valence-electron chi connectivity index (χ3n) is 13.0. The van der Waals surface area contributed by atoms with Crippen LogP contribution in [-0.4, -0.2) is 7.05 Å². The van der Waals surface area contributed by atoms with Crippen molar-refractivity contribution in [2.24, 2.45) is 17.4 Å². The lowest BCUT2D eigenvalue weighted by Gasteiger charge is -2.40. The molecule has 9 aromatic carbocycles. The molecule has 0 aliphatic heterocycles. The van der Waals surface area contributed by atoms with E-state index in [9.17, 15) is 0 Å². The molecule has 0 fully saturated rings. The van der Waals surface area contributed by atoms with Crippen LogP contribution in [-0.2, 0) is 5.41 Å². The van der Waals surface area contributed by atoms with Gasteiger partial charge in [-0.3, -0.25) is 11.7 Å². The Hall–Kier alpha value is -7.34. The number of para-hydroxylation sites is 1. The van der Waals surface area contributed by atoms with Gasteiger partial charge in [0.1, 0.15) is 0 Å². The average molecular weight is 831 g/mol. The normalized spacial score (nSPS) is 15.3. The van der Waals surface area contributed by atoms with Crippen LogP contribution in [0, 0.1) is 6.92 Å². The Morgan fingerprint density at radius 1 is 0.516 bits per heavy atom. The Morgan fingerprint density at radius 3 is 1.73 bits per heavy atom. The Kier molecular flexibility index (Phi) is 12.2. The molecule has 4 nitrogen and oxygen atoms in total. The van der Waals surface area contributed by atoms with Gasteiger partial charge >= 0.3 is 0 Å². The molecule has 2 aliphatic rings. The highest BCUT2D eigenvalue weighted by atomic mass is 15.1. The fourth-order valence-electron chi connectivity index (χ4n) is 9.83. The predicted molar refractivity (Wildman–Crippen MR) is 271 cm³/mol. The summed E-state index contributed by atoms with van der Waals surface area (Å²) < 4.78 is 0. The van der Waals surface area contributed by atoms with E-state index < -0.39 is 5.41 Å². The van der Waals surface area contributed by atoms with E-state index >= 15 is 0 Å². The van der Waals surface area contributed by atoms with E-state index in [2.05, 4.69) is 237 Å². The first-order valence-corrected chi connectivity index (χ1v) is 22.1. The number of nitrogens with zero attached hydrogens (tertiary/aromatic N) is 1. The molecule has 0 bridgehead atoms. The molecule has 9 aromatic rings. The second-order valence-corrected chi connectivity index (χ2v) is 16.7. The number of fused-ring (bicyclic) bond motifs is 4. The minimum atomic E-state index is -0.540. The summed E-state index contributed by atoms with van der Waals surface area (Å²) in [6.07, 6.45) is 6.70.